The summed E-state index contributed by atoms with van der Waals surface area (Å²) in [7, 11) is 2.01. The Hall–Kier alpha value is -0.740. The molecule has 1 aromatic rings. The summed E-state index contributed by atoms with van der Waals surface area (Å²) in [6, 6.07) is 8.59. The second-order valence-electron chi connectivity index (χ2n) is 3.54. The molecule has 0 aliphatic carbocycles. The maximum absolute atomic E-state index is 5.23. The quantitative estimate of drug-likeness (QED) is 0.656. The smallest absolute Gasteiger partial charge is 0.168 e. The highest BCUT2D eigenvalue weighted by Gasteiger charge is 2.03. The molecule has 0 heterocycles. The number of hydrogen-bond donors (Lipinski definition) is 1. The van der Waals surface area contributed by atoms with Crippen molar-refractivity contribution in [2.75, 3.05) is 19.8 Å². The van der Waals surface area contributed by atoms with Crippen LogP contribution in [0.25, 0.3) is 0 Å². The highest BCUT2D eigenvalue weighted by molar-refractivity contribution is 7.98. The van der Waals surface area contributed by atoms with E-state index in [0.717, 1.165) is 18.2 Å². The molecule has 0 amide bonds. The van der Waals surface area contributed by atoms with Gasteiger partial charge in [-0.05, 0) is 43.1 Å². The minimum Gasteiger partial charge on any atom is -0.363 e. The Morgan fingerprint density at radius 3 is 2.50 bits per heavy atom. The second-order valence-corrected chi connectivity index (χ2v) is 4.81. The van der Waals surface area contributed by atoms with Crippen molar-refractivity contribution in [3.05, 3.63) is 29.8 Å². The Balaban J connectivity index is 2.55. The van der Waals surface area contributed by atoms with Gasteiger partial charge in [-0.25, -0.2) is 0 Å². The van der Waals surface area contributed by atoms with Gasteiger partial charge in [0, 0.05) is 25.0 Å². The van der Waals surface area contributed by atoms with Crippen molar-refractivity contribution in [3.8, 4) is 0 Å². The fraction of sp³-hybridized carbons (Fsp3) is 0.417. The Labute approximate surface area is 107 Å². The van der Waals surface area contributed by atoms with E-state index in [1.807, 2.05) is 18.9 Å². The lowest BCUT2D eigenvalue weighted by molar-refractivity contribution is 0.491. The third-order valence-electron chi connectivity index (χ3n) is 2.25. The molecule has 0 aliphatic heterocycles. The molecule has 0 radical (unpaired) electrons. The molecule has 0 fully saturated rings. The van der Waals surface area contributed by atoms with E-state index in [1.54, 1.807) is 11.8 Å². The first kappa shape index (κ1) is 13.3. The Morgan fingerprint density at radius 2 is 2.00 bits per heavy atom. The summed E-state index contributed by atoms with van der Waals surface area (Å²) in [4.78, 5) is 3.34. The van der Waals surface area contributed by atoms with Gasteiger partial charge in [0.1, 0.15) is 0 Å². The fourth-order valence-electron chi connectivity index (χ4n) is 1.36. The molecule has 0 aliphatic rings. The molecule has 0 spiro atoms. The topological polar surface area (TPSA) is 15.3 Å². The first-order valence-corrected chi connectivity index (χ1v) is 6.92. The van der Waals surface area contributed by atoms with Gasteiger partial charge in [-0.1, -0.05) is 12.1 Å². The first-order chi connectivity index (χ1) is 7.67. The molecule has 0 aromatic heterocycles. The second kappa shape index (κ2) is 6.76. The van der Waals surface area contributed by atoms with Crippen molar-refractivity contribution in [2.45, 2.75) is 18.4 Å². The molecule has 0 saturated carbocycles. The SMILES string of the molecule is CCNC(=S)N(C)Cc1ccc(SC)cc1. The number of hydrogen-bond acceptors (Lipinski definition) is 2. The summed E-state index contributed by atoms with van der Waals surface area (Å²) in [6.07, 6.45) is 2.08. The molecule has 0 unspecified atom stereocenters. The lowest BCUT2D eigenvalue weighted by Gasteiger charge is -2.20. The van der Waals surface area contributed by atoms with Gasteiger partial charge in [-0.2, -0.15) is 0 Å². The normalized spacial score (nSPS) is 9.94. The number of thiocarbonyl (C=S) groups is 1. The molecular formula is C12H18N2S2. The average Bonchev–Trinajstić information content (AvgIpc) is 2.30. The van der Waals surface area contributed by atoms with Crippen LogP contribution in [-0.4, -0.2) is 29.9 Å². The van der Waals surface area contributed by atoms with Crippen LogP contribution in [0.1, 0.15) is 12.5 Å². The van der Waals surface area contributed by atoms with Gasteiger partial charge in [-0.3, -0.25) is 0 Å². The zero-order valence-electron chi connectivity index (χ0n) is 9.99. The molecule has 1 rings (SSSR count). The van der Waals surface area contributed by atoms with Gasteiger partial charge in [0.05, 0.1) is 0 Å². The predicted octanol–water partition coefficient (Wildman–Crippen LogP) is 2.73. The summed E-state index contributed by atoms with van der Waals surface area (Å²) in [5.41, 5.74) is 1.28. The maximum atomic E-state index is 5.23. The lowest BCUT2D eigenvalue weighted by atomic mass is 10.2. The van der Waals surface area contributed by atoms with Crippen molar-refractivity contribution in [2.24, 2.45) is 0 Å². The van der Waals surface area contributed by atoms with Crippen molar-refractivity contribution in [3.63, 3.8) is 0 Å². The van der Waals surface area contributed by atoms with Gasteiger partial charge >= 0.3 is 0 Å². The number of rotatable bonds is 4. The molecule has 1 aromatic carbocycles. The van der Waals surface area contributed by atoms with E-state index >= 15 is 0 Å². The highest BCUT2D eigenvalue weighted by atomic mass is 32.2. The van der Waals surface area contributed by atoms with Crippen LogP contribution < -0.4 is 5.32 Å². The standard InChI is InChI=1S/C12H18N2S2/c1-4-13-12(15)14(2)9-10-5-7-11(16-3)8-6-10/h5-8H,4,9H2,1-3H3,(H,13,15). The van der Waals surface area contributed by atoms with E-state index in [9.17, 15) is 0 Å². The molecule has 1 N–H and O–H groups in total. The third kappa shape index (κ3) is 4.02. The number of benzene rings is 1. The highest BCUT2D eigenvalue weighted by Crippen LogP contribution is 2.15. The van der Waals surface area contributed by atoms with Crippen LogP contribution >= 0.6 is 24.0 Å². The zero-order valence-corrected chi connectivity index (χ0v) is 11.6. The van der Waals surface area contributed by atoms with Crippen molar-refractivity contribution >= 4 is 29.1 Å². The lowest BCUT2D eigenvalue weighted by Crippen LogP contribution is -2.36. The number of nitrogens with one attached hydrogen (secondary N) is 1. The fourth-order valence-corrected chi connectivity index (χ4v) is 1.98. The molecule has 0 bridgehead atoms. The van der Waals surface area contributed by atoms with E-state index in [0.29, 0.717) is 0 Å². The Kier molecular flexibility index (Phi) is 5.63. The number of nitrogens with zero attached hydrogens (tertiary/aromatic N) is 1. The molecule has 2 nitrogen and oxygen atoms in total. The van der Waals surface area contributed by atoms with Crippen molar-refractivity contribution < 1.29 is 0 Å². The molecule has 88 valence electrons. The van der Waals surface area contributed by atoms with Crippen LogP contribution in [0.5, 0.6) is 0 Å². The molecule has 0 saturated heterocycles. The van der Waals surface area contributed by atoms with Crippen molar-refractivity contribution in [1.82, 2.24) is 10.2 Å². The molecule has 16 heavy (non-hydrogen) atoms. The van der Waals surface area contributed by atoms with Crippen LogP contribution in [0.4, 0.5) is 0 Å². The van der Waals surface area contributed by atoms with E-state index in [1.165, 1.54) is 10.5 Å². The Morgan fingerprint density at radius 1 is 1.38 bits per heavy atom. The summed E-state index contributed by atoms with van der Waals surface area (Å²) >= 11 is 6.99. The summed E-state index contributed by atoms with van der Waals surface area (Å²) in [5.74, 6) is 0. The van der Waals surface area contributed by atoms with E-state index < -0.39 is 0 Å². The number of thioether (sulfide) groups is 1. The maximum Gasteiger partial charge on any atom is 0.168 e. The summed E-state index contributed by atoms with van der Waals surface area (Å²) in [5, 5.41) is 3.94. The van der Waals surface area contributed by atoms with Gasteiger partial charge in [0.25, 0.3) is 0 Å². The van der Waals surface area contributed by atoms with Crippen LogP contribution in [0.15, 0.2) is 29.2 Å². The monoisotopic (exact) mass is 254 g/mol. The largest absolute Gasteiger partial charge is 0.363 e. The summed E-state index contributed by atoms with van der Waals surface area (Å²) < 4.78 is 0. The molecule has 0 atom stereocenters. The van der Waals surface area contributed by atoms with Crippen molar-refractivity contribution in [1.29, 1.82) is 0 Å². The minimum absolute atomic E-state index is 0.802. The van der Waals surface area contributed by atoms with Crippen LogP contribution in [0.2, 0.25) is 0 Å². The zero-order chi connectivity index (χ0) is 12.0. The minimum atomic E-state index is 0.802. The van der Waals surface area contributed by atoms with E-state index in [2.05, 4.69) is 35.8 Å². The van der Waals surface area contributed by atoms with Gasteiger partial charge in [-0.15, -0.1) is 11.8 Å². The average molecular weight is 254 g/mol. The van der Waals surface area contributed by atoms with Crippen LogP contribution in [-0.2, 0) is 6.54 Å². The van der Waals surface area contributed by atoms with Gasteiger partial charge in [0.2, 0.25) is 0 Å². The Bertz CT molecular complexity index is 335. The van der Waals surface area contributed by atoms with E-state index in [-0.39, 0.29) is 0 Å². The third-order valence-corrected chi connectivity index (χ3v) is 3.45. The van der Waals surface area contributed by atoms with Crippen LogP contribution in [0, 0.1) is 0 Å². The summed E-state index contributed by atoms with van der Waals surface area (Å²) in [6.45, 7) is 3.77. The molecular weight excluding hydrogens is 236 g/mol. The first-order valence-electron chi connectivity index (χ1n) is 5.29. The van der Waals surface area contributed by atoms with E-state index in [4.69, 9.17) is 12.2 Å². The molecule has 4 heteroatoms. The predicted molar refractivity (Wildman–Crippen MR) is 76.0 cm³/mol. The van der Waals surface area contributed by atoms with Gasteiger partial charge in [0.15, 0.2) is 5.11 Å². The van der Waals surface area contributed by atoms with Crippen LogP contribution in [0.3, 0.4) is 0 Å². The van der Waals surface area contributed by atoms with Gasteiger partial charge < -0.3 is 10.2 Å².